The number of fused-ring (bicyclic) bond motifs is 18. The second-order valence-corrected chi connectivity index (χ2v) is 34.6. The first-order valence-corrected chi connectivity index (χ1v) is 44.3. The van der Waals surface area contributed by atoms with Gasteiger partial charge in [0.15, 0.2) is 5.58 Å². The highest BCUT2D eigenvalue weighted by molar-refractivity contribution is 7.26. The Labute approximate surface area is 731 Å². The van der Waals surface area contributed by atoms with Crippen LogP contribution < -0.4 is 4.90 Å². The molecule has 6 heteroatoms. The molecule has 126 heavy (non-hydrogen) atoms. The predicted molar refractivity (Wildman–Crippen MR) is 531 cm³/mol. The summed E-state index contributed by atoms with van der Waals surface area (Å²) in [5, 5.41) is 12.0. The zero-order chi connectivity index (χ0) is 82.6. The van der Waals surface area contributed by atoms with Crippen LogP contribution >= 0.6 is 11.3 Å². The van der Waals surface area contributed by atoms with Crippen molar-refractivity contribution in [1.82, 2.24) is 13.7 Å². The van der Waals surface area contributed by atoms with Crippen LogP contribution in [0.2, 0.25) is 0 Å². The first-order valence-electron chi connectivity index (χ1n) is 43.5. The number of para-hydroxylation sites is 7. The molecule has 26 rings (SSSR count). The molecular formula is C120H76N4OS. The molecule has 588 valence electrons. The molecule has 0 radical (unpaired) electrons. The summed E-state index contributed by atoms with van der Waals surface area (Å²) in [7, 11) is 0. The lowest BCUT2D eigenvalue weighted by Crippen LogP contribution is -2.19. The first-order chi connectivity index (χ1) is 62.5. The van der Waals surface area contributed by atoms with E-state index in [0.717, 1.165) is 83.4 Å². The summed E-state index contributed by atoms with van der Waals surface area (Å²) in [6.45, 7) is 0. The van der Waals surface area contributed by atoms with Crippen LogP contribution in [0.5, 0.6) is 0 Å². The number of aromatic nitrogens is 3. The minimum atomic E-state index is 0.00609. The zero-order valence-electron chi connectivity index (χ0n) is 68.5. The highest BCUT2D eigenvalue weighted by Crippen LogP contribution is 2.60. The van der Waals surface area contributed by atoms with E-state index in [1.807, 2.05) is 11.3 Å². The summed E-state index contributed by atoms with van der Waals surface area (Å²) >= 11 is 1.89. The summed E-state index contributed by atoms with van der Waals surface area (Å²) in [5.74, 6) is 0.0333. The Morgan fingerprint density at radius 3 is 1.48 bits per heavy atom. The lowest BCUT2D eigenvalue weighted by molar-refractivity contribution is 0.666. The van der Waals surface area contributed by atoms with Crippen LogP contribution in [0.25, 0.3) is 214 Å². The molecule has 0 amide bonds. The van der Waals surface area contributed by atoms with Crippen LogP contribution in [-0.4, -0.2) is 13.7 Å². The third-order valence-electron chi connectivity index (χ3n) is 26.9. The lowest BCUT2D eigenvalue weighted by Gasteiger charge is -2.31. The van der Waals surface area contributed by atoms with Crippen LogP contribution in [0, 0.1) is 0 Å². The second kappa shape index (κ2) is 28.8. The topological polar surface area (TPSA) is 31.2 Å². The third-order valence-corrected chi connectivity index (χ3v) is 28.1. The Morgan fingerprint density at radius 1 is 0.254 bits per heavy atom. The Kier molecular flexibility index (Phi) is 16.3. The quantitative estimate of drug-likeness (QED) is 0.115. The normalized spacial score (nSPS) is 13.9. The largest absolute Gasteiger partial charge is 0.454 e. The van der Waals surface area contributed by atoms with E-state index in [9.17, 15) is 0 Å². The fraction of sp³-hybridized carbons (Fsp3) is 0.0167. The smallest absolute Gasteiger partial charge is 0.160 e. The summed E-state index contributed by atoms with van der Waals surface area (Å²) in [5.41, 5.74) is 36.9. The van der Waals surface area contributed by atoms with Gasteiger partial charge < -0.3 is 23.0 Å². The Balaban J connectivity index is 0.562. The van der Waals surface area contributed by atoms with E-state index in [1.165, 1.54) is 158 Å². The van der Waals surface area contributed by atoms with Crippen LogP contribution in [0.4, 0.5) is 11.4 Å². The van der Waals surface area contributed by atoms with Gasteiger partial charge in [0.1, 0.15) is 5.58 Å². The number of rotatable bonds is 13. The van der Waals surface area contributed by atoms with Gasteiger partial charge in [0.2, 0.25) is 0 Å². The number of furan rings is 1. The minimum absolute atomic E-state index is 0.00609. The van der Waals surface area contributed by atoms with Crippen molar-refractivity contribution in [3.63, 3.8) is 0 Å². The number of allylic oxidation sites excluding steroid dienone is 4. The van der Waals surface area contributed by atoms with E-state index in [0.29, 0.717) is 0 Å². The zero-order valence-corrected chi connectivity index (χ0v) is 69.3. The number of benzene rings is 19. The second-order valence-electron chi connectivity index (χ2n) is 33.6. The molecule has 19 aromatic carbocycles. The van der Waals surface area contributed by atoms with Gasteiger partial charge in [0.25, 0.3) is 0 Å². The molecule has 0 spiro atoms. The van der Waals surface area contributed by atoms with Crippen molar-refractivity contribution in [3.8, 4) is 106 Å². The van der Waals surface area contributed by atoms with Crippen molar-refractivity contribution in [2.75, 3.05) is 4.90 Å². The molecule has 1 aliphatic carbocycles. The molecule has 2 atom stereocenters. The maximum atomic E-state index is 7.23. The van der Waals surface area contributed by atoms with E-state index in [1.54, 1.807) is 0 Å². The van der Waals surface area contributed by atoms with Gasteiger partial charge in [-0.25, -0.2) is 0 Å². The molecule has 24 aromatic rings. The monoisotopic (exact) mass is 1620 g/mol. The van der Waals surface area contributed by atoms with Crippen molar-refractivity contribution in [1.29, 1.82) is 0 Å². The number of nitrogens with zero attached hydrogens (tertiary/aromatic N) is 4. The fourth-order valence-corrected chi connectivity index (χ4v) is 22.5. The Hall–Kier alpha value is -16.1. The standard InChI is InChI=1S/C120H76N4OS/c1-4-28-75(29-5-1)76-56-60-81(61-57-76)90-68-71-110(120-117(90)98-42-16-23-55-113(98)126-120)121-104-50-20-13-39-94(104)100-73-84(65-69-106(100)121)92-45-25-46-99-115-88(43-26-53-108(115)124(118(92)99)102-48-18-11-37-87(102)79-32-8-3-9-33-79)80-62-58-77(59-63-80)82-34-24-35-83(72-82)91-67-70-109(119-116(91)97-41-15-22-54-112(97)125-119)123-105-51-21-14-40-96(105)114-89(44-27-52-107(114)123)85-64-66-95-93-38-12-19-49-103(93)122(111(95)74-85)101-47-17-10-36-86(101)78-30-6-2-7-31-78/h1-74,88,115H. The van der Waals surface area contributed by atoms with E-state index < -0.39 is 0 Å². The highest BCUT2D eigenvalue weighted by atomic mass is 32.1. The summed E-state index contributed by atoms with van der Waals surface area (Å²) in [6, 6.07) is 160. The van der Waals surface area contributed by atoms with Gasteiger partial charge in [-0.3, -0.25) is 0 Å². The van der Waals surface area contributed by atoms with Gasteiger partial charge in [-0.2, -0.15) is 0 Å². The van der Waals surface area contributed by atoms with Gasteiger partial charge in [-0.15, -0.1) is 11.3 Å². The average molecular weight is 1620 g/mol. The highest BCUT2D eigenvalue weighted by Gasteiger charge is 2.43. The molecule has 2 aliphatic rings. The van der Waals surface area contributed by atoms with Crippen molar-refractivity contribution in [2.24, 2.45) is 0 Å². The number of thiophene rings is 1. The van der Waals surface area contributed by atoms with E-state index in [4.69, 9.17) is 4.42 Å². The van der Waals surface area contributed by atoms with Crippen LogP contribution in [-0.2, 0) is 0 Å². The molecule has 0 saturated heterocycles. The number of anilines is 2. The molecule has 0 fully saturated rings. The van der Waals surface area contributed by atoms with Gasteiger partial charge in [0.05, 0.1) is 66.2 Å². The van der Waals surface area contributed by atoms with E-state index in [-0.39, 0.29) is 11.8 Å². The van der Waals surface area contributed by atoms with Crippen LogP contribution in [0.3, 0.4) is 0 Å². The molecule has 6 heterocycles. The first kappa shape index (κ1) is 71.6. The number of hydrogen-bond donors (Lipinski definition) is 0. The molecule has 5 nitrogen and oxygen atoms in total. The minimum Gasteiger partial charge on any atom is -0.454 e. The van der Waals surface area contributed by atoms with E-state index in [2.05, 4.69) is 468 Å². The van der Waals surface area contributed by atoms with Crippen molar-refractivity contribution >= 4 is 130 Å². The molecule has 5 aromatic heterocycles. The van der Waals surface area contributed by atoms with Gasteiger partial charge in [-0.1, -0.05) is 358 Å². The predicted octanol–water partition coefficient (Wildman–Crippen LogP) is 33.1. The molecule has 0 N–H and O–H groups in total. The van der Waals surface area contributed by atoms with Crippen molar-refractivity contribution in [2.45, 2.75) is 11.8 Å². The third kappa shape index (κ3) is 11.1. The SMILES string of the molecule is C1=CC(c2ccc(-c3cccc(-c4ccc(-n5c6ccccc6c6c(-c7ccc8c9ccccc9n(-c9ccccc9-c9ccccc9)c8c7)cccc65)c5oc6ccccc6c45)c3)cc2)C2C(=C1)N(c1ccccc1-c1ccccc1)c1c(-c3ccc4c(c3)c3ccccc3n4-c3ccc(-c4ccc(-c5ccccc5)cc4)c4c3sc3ccccc34)cccc12. The van der Waals surface area contributed by atoms with Crippen molar-refractivity contribution < 1.29 is 4.42 Å². The number of hydrogen-bond acceptors (Lipinski definition) is 3. The van der Waals surface area contributed by atoms with Crippen LogP contribution in [0.15, 0.2) is 459 Å². The molecule has 0 saturated carbocycles. The summed E-state index contributed by atoms with van der Waals surface area (Å²) in [4.78, 5) is 2.61. The van der Waals surface area contributed by atoms with Crippen molar-refractivity contribution in [3.05, 3.63) is 466 Å². The molecular weight excluding hydrogens is 1550 g/mol. The van der Waals surface area contributed by atoms with Crippen LogP contribution in [0.1, 0.15) is 23.0 Å². The Bertz CT molecular complexity index is 8650. The summed E-state index contributed by atoms with van der Waals surface area (Å²) < 4.78 is 17.2. The lowest BCUT2D eigenvalue weighted by atomic mass is 9.77. The van der Waals surface area contributed by atoms with Gasteiger partial charge in [0, 0.05) is 92.8 Å². The Morgan fingerprint density at radius 2 is 0.722 bits per heavy atom. The maximum absolute atomic E-state index is 7.23. The average Bonchev–Trinajstić information content (AvgIpc) is 1.55. The molecule has 2 unspecified atom stereocenters. The van der Waals surface area contributed by atoms with E-state index >= 15 is 0 Å². The maximum Gasteiger partial charge on any atom is 0.160 e. The molecule has 1 aliphatic heterocycles. The van der Waals surface area contributed by atoms with Gasteiger partial charge >= 0.3 is 0 Å². The summed E-state index contributed by atoms with van der Waals surface area (Å²) in [6.07, 6.45) is 7.12. The molecule has 0 bridgehead atoms. The fourth-order valence-electron chi connectivity index (χ4n) is 21.3. The van der Waals surface area contributed by atoms with Gasteiger partial charge in [-0.05, 0) is 174 Å².